The van der Waals surface area contributed by atoms with Gasteiger partial charge in [0.2, 0.25) is 10.8 Å². The fourth-order valence-corrected chi connectivity index (χ4v) is 4.81. The summed E-state index contributed by atoms with van der Waals surface area (Å²) in [7, 11) is 1.42. The lowest BCUT2D eigenvalue weighted by atomic mass is 10.1. The number of ether oxygens (including phenoxy) is 2. The third-order valence-corrected chi connectivity index (χ3v) is 6.74. The Morgan fingerprint density at radius 1 is 1.32 bits per heavy atom. The van der Waals surface area contributed by atoms with Crippen LogP contribution in [0.4, 0.5) is 11.4 Å². The van der Waals surface area contributed by atoms with E-state index in [1.54, 1.807) is 22.6 Å². The Morgan fingerprint density at radius 3 is 2.81 bits per heavy atom. The van der Waals surface area contributed by atoms with Gasteiger partial charge in [0.05, 0.1) is 62.2 Å². The molecule has 1 fully saturated rings. The summed E-state index contributed by atoms with van der Waals surface area (Å²) in [5, 5.41) is 13.5. The number of aromatic nitrogens is 2. The van der Waals surface area contributed by atoms with Crippen molar-refractivity contribution in [3.63, 3.8) is 0 Å². The Kier molecular flexibility index (Phi) is 6.58. The molecule has 0 aliphatic carbocycles. The second-order valence-corrected chi connectivity index (χ2v) is 9.00. The van der Waals surface area contributed by atoms with Crippen LogP contribution in [0.5, 0.6) is 5.88 Å². The summed E-state index contributed by atoms with van der Waals surface area (Å²) in [5.74, 6) is -1.03. The van der Waals surface area contributed by atoms with Gasteiger partial charge >= 0.3 is 5.97 Å². The van der Waals surface area contributed by atoms with Gasteiger partial charge in [-0.3, -0.25) is 4.98 Å². The summed E-state index contributed by atoms with van der Waals surface area (Å²) in [4.78, 5) is 20.7. The number of morpholine rings is 1. The summed E-state index contributed by atoms with van der Waals surface area (Å²) in [6, 6.07) is 8.67. The average Bonchev–Trinajstić information content (AvgIpc) is 2.79. The fourth-order valence-electron chi connectivity index (χ4n) is 3.21. The molecule has 162 valence electrons. The molecule has 1 aromatic carbocycles. The maximum atomic E-state index is 13.4. The minimum Gasteiger partial charge on any atom is -0.593 e. The maximum Gasteiger partial charge on any atom is 0.356 e. The Balaban J connectivity index is 1.85. The minimum atomic E-state index is -1.52. The summed E-state index contributed by atoms with van der Waals surface area (Å²) >= 11 is 1.94. The van der Waals surface area contributed by atoms with E-state index in [1.165, 1.54) is 7.11 Å². The predicted octanol–water partition coefficient (Wildman–Crippen LogP) is 3.20. The normalized spacial score (nSPS) is 15.6. The number of methoxy groups -OCH3 is 1. The van der Waals surface area contributed by atoms with Crippen molar-refractivity contribution in [2.75, 3.05) is 38.7 Å². The van der Waals surface area contributed by atoms with E-state index in [0.29, 0.717) is 47.8 Å². The smallest absolute Gasteiger partial charge is 0.356 e. The molecule has 0 saturated carbocycles. The summed E-state index contributed by atoms with van der Waals surface area (Å²) in [5.41, 5.74) is 1.22. The van der Waals surface area contributed by atoms with Crippen LogP contribution in [-0.2, 0) is 16.1 Å². The van der Waals surface area contributed by atoms with Crippen LogP contribution in [0, 0.1) is 0 Å². The third-order valence-electron chi connectivity index (χ3n) is 4.73. The quantitative estimate of drug-likeness (QED) is 0.485. The first kappa shape index (κ1) is 21.8. The molecule has 2 aromatic heterocycles. The number of nitrogens with zero attached hydrogens (tertiary/aromatic N) is 3. The van der Waals surface area contributed by atoms with Crippen molar-refractivity contribution in [2.45, 2.75) is 4.90 Å². The Labute approximate surface area is 189 Å². The molecule has 1 saturated heterocycles. The number of carboxylic acids is 1. The third kappa shape index (κ3) is 4.60. The highest BCUT2D eigenvalue weighted by Crippen LogP contribution is 2.36. The first-order valence-corrected chi connectivity index (χ1v) is 11.3. The zero-order chi connectivity index (χ0) is 22.0. The van der Waals surface area contributed by atoms with Crippen LogP contribution in [0.3, 0.4) is 0 Å². The molecule has 0 spiro atoms. The molecule has 0 bridgehead atoms. The number of carbonyl (C=O) groups is 1. The van der Waals surface area contributed by atoms with Crippen LogP contribution >= 0.6 is 15.9 Å². The SMILES string of the molecule is COc1ccc(Nc2c([S+]([O-])N3CCOCC3)cnc3ccc(Br)cc23)c(C(=O)O)n1. The molecule has 0 radical (unpaired) electrons. The Bertz CT molecular complexity index is 1130. The lowest BCUT2D eigenvalue weighted by Gasteiger charge is -2.28. The lowest BCUT2D eigenvalue weighted by Crippen LogP contribution is -2.40. The average molecular weight is 507 g/mol. The van der Waals surface area contributed by atoms with E-state index in [2.05, 4.69) is 31.2 Å². The van der Waals surface area contributed by atoms with E-state index in [4.69, 9.17) is 9.47 Å². The fraction of sp³-hybridized carbons (Fsp3) is 0.250. The standard InChI is InChI=1S/C20H19BrN4O5S/c1-29-17-5-4-15(19(24-17)20(26)27)23-18-13-10-12(21)2-3-14(13)22-11-16(18)31(28)25-6-8-30-9-7-25/h2-5,10-11H,6-9H2,1H3,(H,22,23)(H,26,27). The van der Waals surface area contributed by atoms with Crippen LogP contribution in [0.25, 0.3) is 10.9 Å². The number of hydrogen-bond acceptors (Lipinski definition) is 8. The number of hydrogen-bond donors (Lipinski definition) is 2. The number of fused-ring (bicyclic) bond motifs is 1. The Morgan fingerprint density at radius 2 is 2.10 bits per heavy atom. The van der Waals surface area contributed by atoms with Crippen molar-refractivity contribution >= 4 is 55.5 Å². The zero-order valence-corrected chi connectivity index (χ0v) is 18.9. The van der Waals surface area contributed by atoms with Crippen LogP contribution in [0.1, 0.15) is 10.5 Å². The van der Waals surface area contributed by atoms with E-state index in [9.17, 15) is 14.5 Å². The van der Waals surface area contributed by atoms with Crippen LogP contribution in [0.15, 0.2) is 45.9 Å². The molecule has 1 aliphatic rings. The molecule has 3 aromatic rings. The van der Waals surface area contributed by atoms with Gasteiger partial charge in [0.15, 0.2) is 5.69 Å². The second kappa shape index (κ2) is 9.37. The van der Waals surface area contributed by atoms with Crippen molar-refractivity contribution < 1.29 is 23.9 Å². The van der Waals surface area contributed by atoms with Gasteiger partial charge in [-0.15, -0.1) is 4.31 Å². The molecule has 31 heavy (non-hydrogen) atoms. The second-order valence-electron chi connectivity index (χ2n) is 6.63. The summed E-state index contributed by atoms with van der Waals surface area (Å²) < 4.78 is 26.4. The van der Waals surface area contributed by atoms with Crippen molar-refractivity contribution in [3.8, 4) is 5.88 Å². The maximum absolute atomic E-state index is 13.4. The molecule has 0 amide bonds. The number of halogens is 1. The molecule has 4 rings (SSSR count). The van der Waals surface area contributed by atoms with Gasteiger partial charge in [-0.05, 0) is 24.3 Å². The number of nitrogens with one attached hydrogen (secondary N) is 1. The van der Waals surface area contributed by atoms with Crippen LogP contribution < -0.4 is 10.1 Å². The predicted molar refractivity (Wildman–Crippen MR) is 119 cm³/mol. The van der Waals surface area contributed by atoms with Crippen molar-refractivity contribution in [2.24, 2.45) is 0 Å². The number of rotatable bonds is 6. The van der Waals surface area contributed by atoms with Crippen LogP contribution in [0.2, 0.25) is 0 Å². The number of carboxylic acid groups (broad SMARTS) is 1. The van der Waals surface area contributed by atoms with Crippen molar-refractivity contribution in [1.29, 1.82) is 0 Å². The van der Waals surface area contributed by atoms with Gasteiger partial charge in [0.1, 0.15) is 5.69 Å². The Hall–Kier alpha value is -2.44. The van der Waals surface area contributed by atoms with Gasteiger partial charge in [0, 0.05) is 15.9 Å². The molecule has 2 N–H and O–H groups in total. The molecule has 1 aliphatic heterocycles. The number of aromatic carboxylic acids is 1. The molecule has 3 heterocycles. The number of benzene rings is 1. The van der Waals surface area contributed by atoms with E-state index in [1.807, 2.05) is 18.2 Å². The molecule has 9 nitrogen and oxygen atoms in total. The largest absolute Gasteiger partial charge is 0.593 e. The zero-order valence-electron chi connectivity index (χ0n) is 16.5. The molecule has 11 heteroatoms. The molecule has 1 unspecified atom stereocenters. The lowest BCUT2D eigenvalue weighted by molar-refractivity contribution is 0.0690. The first-order valence-electron chi connectivity index (χ1n) is 9.36. The van der Waals surface area contributed by atoms with E-state index in [0.717, 1.165) is 4.47 Å². The summed E-state index contributed by atoms with van der Waals surface area (Å²) in [6.07, 6.45) is 1.56. The van der Waals surface area contributed by atoms with Gasteiger partial charge < -0.3 is 24.4 Å². The summed E-state index contributed by atoms with van der Waals surface area (Å²) in [6.45, 7) is 2.03. The monoisotopic (exact) mass is 506 g/mol. The first-order chi connectivity index (χ1) is 15.0. The van der Waals surface area contributed by atoms with Crippen molar-refractivity contribution in [3.05, 3.63) is 46.7 Å². The van der Waals surface area contributed by atoms with Gasteiger partial charge in [-0.1, -0.05) is 15.9 Å². The van der Waals surface area contributed by atoms with Gasteiger partial charge in [-0.25, -0.2) is 9.78 Å². The van der Waals surface area contributed by atoms with E-state index >= 15 is 0 Å². The molecular formula is C20H19BrN4O5S. The van der Waals surface area contributed by atoms with Crippen molar-refractivity contribution in [1.82, 2.24) is 14.3 Å². The number of pyridine rings is 2. The van der Waals surface area contributed by atoms with Gasteiger partial charge in [-0.2, -0.15) is 0 Å². The van der Waals surface area contributed by atoms with Gasteiger partial charge in [0.25, 0.3) is 0 Å². The highest BCUT2D eigenvalue weighted by molar-refractivity contribution is 9.10. The van der Waals surface area contributed by atoms with E-state index < -0.39 is 17.3 Å². The molecular weight excluding hydrogens is 488 g/mol. The minimum absolute atomic E-state index is 0.183. The number of anilines is 2. The highest BCUT2D eigenvalue weighted by atomic mass is 79.9. The van der Waals surface area contributed by atoms with E-state index in [-0.39, 0.29) is 17.3 Å². The topological polar surface area (TPSA) is 120 Å². The van der Waals surface area contributed by atoms with Crippen LogP contribution in [-0.4, -0.2) is 63.3 Å². The highest BCUT2D eigenvalue weighted by Gasteiger charge is 2.30. The molecule has 1 atom stereocenters.